The van der Waals surface area contributed by atoms with Crippen molar-refractivity contribution in [1.29, 1.82) is 0 Å². The smallest absolute Gasteiger partial charge is 0.141 e. The Balaban J connectivity index is 1.61. The van der Waals surface area contributed by atoms with Gasteiger partial charge in [0.15, 0.2) is 0 Å². The van der Waals surface area contributed by atoms with E-state index in [0.717, 1.165) is 48.6 Å². The molecule has 4 rings (SSSR count). The molecule has 1 aliphatic heterocycles. The molecule has 0 unspecified atom stereocenters. The van der Waals surface area contributed by atoms with E-state index in [-0.39, 0.29) is 0 Å². The van der Waals surface area contributed by atoms with Crippen molar-refractivity contribution in [1.82, 2.24) is 19.9 Å². The second-order valence-electron chi connectivity index (χ2n) is 6.24. The Morgan fingerprint density at radius 3 is 2.43 bits per heavy atom. The molecule has 3 aromatic rings. The lowest BCUT2D eigenvalue weighted by atomic mass is 10.1. The molecule has 0 spiro atoms. The van der Waals surface area contributed by atoms with E-state index in [2.05, 4.69) is 62.1 Å². The van der Waals surface area contributed by atoms with Gasteiger partial charge in [-0.1, -0.05) is 12.1 Å². The van der Waals surface area contributed by atoms with E-state index in [4.69, 9.17) is 0 Å². The number of benzene rings is 1. The monoisotopic (exact) mass is 307 g/mol. The molecule has 1 aliphatic rings. The molecule has 0 saturated carbocycles. The van der Waals surface area contributed by atoms with Crippen molar-refractivity contribution >= 4 is 16.7 Å². The van der Waals surface area contributed by atoms with E-state index < -0.39 is 0 Å². The molecule has 1 N–H and O–H groups in total. The largest absolute Gasteiger partial charge is 0.369 e. The van der Waals surface area contributed by atoms with E-state index in [1.807, 2.05) is 6.92 Å². The number of aromatic amines is 1. The first kappa shape index (κ1) is 14.2. The second-order valence-corrected chi connectivity index (χ2v) is 6.24. The third-order valence-corrected chi connectivity index (χ3v) is 4.67. The minimum Gasteiger partial charge on any atom is -0.369 e. The van der Waals surface area contributed by atoms with Crippen LogP contribution in [0.15, 0.2) is 36.7 Å². The van der Waals surface area contributed by atoms with Crippen molar-refractivity contribution < 1.29 is 0 Å². The van der Waals surface area contributed by atoms with E-state index >= 15 is 0 Å². The molecule has 5 heteroatoms. The number of aryl methyl sites for hydroxylation is 1. The van der Waals surface area contributed by atoms with Crippen LogP contribution in [0.25, 0.3) is 22.3 Å². The van der Waals surface area contributed by atoms with Crippen molar-refractivity contribution in [2.45, 2.75) is 6.92 Å². The molecular formula is C18H21N5. The van der Waals surface area contributed by atoms with Gasteiger partial charge in [-0.25, -0.2) is 9.97 Å². The van der Waals surface area contributed by atoms with Gasteiger partial charge >= 0.3 is 0 Å². The first-order valence-corrected chi connectivity index (χ1v) is 8.05. The highest BCUT2D eigenvalue weighted by atomic mass is 15.2. The fraction of sp³-hybridized carbons (Fsp3) is 0.333. The first-order chi connectivity index (χ1) is 11.2. The lowest BCUT2D eigenvalue weighted by molar-refractivity contribution is 0.313. The van der Waals surface area contributed by atoms with Gasteiger partial charge in [-0.3, -0.25) is 0 Å². The number of piperazine rings is 1. The maximum absolute atomic E-state index is 4.31. The SMILES string of the molecule is Cc1ncnc2[nH]c(-c3ccc(N4CCN(C)CC4)cc3)cc12. The Hall–Kier alpha value is -2.40. The van der Waals surface area contributed by atoms with Gasteiger partial charge in [0.1, 0.15) is 12.0 Å². The molecule has 1 aromatic carbocycles. The lowest BCUT2D eigenvalue weighted by Gasteiger charge is -2.34. The molecular weight excluding hydrogens is 286 g/mol. The Kier molecular flexibility index (Phi) is 3.50. The zero-order valence-corrected chi connectivity index (χ0v) is 13.6. The normalized spacial score (nSPS) is 16.2. The van der Waals surface area contributed by atoms with Gasteiger partial charge < -0.3 is 14.8 Å². The third kappa shape index (κ3) is 2.68. The Morgan fingerprint density at radius 2 is 1.74 bits per heavy atom. The molecule has 5 nitrogen and oxygen atoms in total. The molecule has 0 atom stereocenters. The minimum absolute atomic E-state index is 0.899. The Morgan fingerprint density at radius 1 is 1.00 bits per heavy atom. The van der Waals surface area contributed by atoms with Gasteiger partial charge in [0.25, 0.3) is 0 Å². The number of H-pyrrole nitrogens is 1. The number of hydrogen-bond donors (Lipinski definition) is 1. The Bertz CT molecular complexity index is 813. The van der Waals surface area contributed by atoms with Gasteiger partial charge in [-0.15, -0.1) is 0 Å². The summed E-state index contributed by atoms with van der Waals surface area (Å²) in [6.45, 7) is 6.45. The maximum atomic E-state index is 4.31. The molecule has 1 saturated heterocycles. The van der Waals surface area contributed by atoms with Crippen LogP contribution in [0, 0.1) is 6.92 Å². The van der Waals surface area contributed by atoms with Crippen LogP contribution in [0.2, 0.25) is 0 Å². The van der Waals surface area contributed by atoms with Crippen LogP contribution in [0.4, 0.5) is 5.69 Å². The van der Waals surface area contributed by atoms with Crippen LogP contribution in [-0.2, 0) is 0 Å². The zero-order valence-electron chi connectivity index (χ0n) is 13.6. The van der Waals surface area contributed by atoms with E-state index in [9.17, 15) is 0 Å². The number of fused-ring (bicyclic) bond motifs is 1. The summed E-state index contributed by atoms with van der Waals surface area (Å²) in [5.74, 6) is 0. The first-order valence-electron chi connectivity index (χ1n) is 8.05. The minimum atomic E-state index is 0.899. The van der Waals surface area contributed by atoms with Crippen LogP contribution in [0.3, 0.4) is 0 Å². The molecule has 0 amide bonds. The van der Waals surface area contributed by atoms with E-state index in [1.165, 1.54) is 11.3 Å². The van der Waals surface area contributed by atoms with Crippen LogP contribution in [0.5, 0.6) is 0 Å². The van der Waals surface area contributed by atoms with E-state index in [0.29, 0.717) is 0 Å². The fourth-order valence-corrected chi connectivity index (χ4v) is 3.14. The average molecular weight is 307 g/mol. The van der Waals surface area contributed by atoms with Crippen molar-refractivity contribution in [3.63, 3.8) is 0 Å². The van der Waals surface area contributed by atoms with Gasteiger partial charge in [-0.05, 0) is 37.7 Å². The molecule has 23 heavy (non-hydrogen) atoms. The average Bonchev–Trinajstić information content (AvgIpc) is 3.01. The number of rotatable bonds is 2. The number of nitrogens with zero attached hydrogens (tertiary/aromatic N) is 4. The van der Waals surface area contributed by atoms with Gasteiger partial charge in [0.05, 0.1) is 5.69 Å². The number of aromatic nitrogens is 3. The number of hydrogen-bond acceptors (Lipinski definition) is 4. The standard InChI is InChI=1S/C18H21N5/c1-13-16-11-17(21-18(16)20-12-19-13)14-3-5-15(6-4-14)23-9-7-22(2)8-10-23/h3-6,11-12H,7-10H2,1-2H3,(H,19,20,21). The van der Waals surface area contributed by atoms with Crippen molar-refractivity contribution in [2.24, 2.45) is 0 Å². The number of likely N-dealkylation sites (N-methyl/N-ethyl adjacent to an activating group) is 1. The summed E-state index contributed by atoms with van der Waals surface area (Å²) < 4.78 is 0. The molecule has 1 fully saturated rings. The summed E-state index contributed by atoms with van der Waals surface area (Å²) in [5.41, 5.74) is 5.48. The summed E-state index contributed by atoms with van der Waals surface area (Å²) in [4.78, 5) is 16.8. The van der Waals surface area contributed by atoms with Gasteiger partial charge in [0.2, 0.25) is 0 Å². The summed E-state index contributed by atoms with van der Waals surface area (Å²) in [5, 5.41) is 1.09. The van der Waals surface area contributed by atoms with Crippen LogP contribution >= 0.6 is 0 Å². The van der Waals surface area contributed by atoms with Crippen LogP contribution < -0.4 is 4.90 Å². The molecule has 2 aromatic heterocycles. The topological polar surface area (TPSA) is 48.1 Å². The molecule has 0 bridgehead atoms. The van der Waals surface area contributed by atoms with Gasteiger partial charge in [0, 0.05) is 42.9 Å². The summed E-state index contributed by atoms with van der Waals surface area (Å²) in [6.07, 6.45) is 1.61. The highest BCUT2D eigenvalue weighted by Gasteiger charge is 2.14. The molecule has 0 radical (unpaired) electrons. The summed E-state index contributed by atoms with van der Waals surface area (Å²) in [6, 6.07) is 10.9. The quantitative estimate of drug-likeness (QED) is 0.791. The lowest BCUT2D eigenvalue weighted by Crippen LogP contribution is -2.44. The summed E-state index contributed by atoms with van der Waals surface area (Å²) >= 11 is 0. The third-order valence-electron chi connectivity index (χ3n) is 4.67. The van der Waals surface area contributed by atoms with Gasteiger partial charge in [-0.2, -0.15) is 0 Å². The second kappa shape index (κ2) is 5.66. The fourth-order valence-electron chi connectivity index (χ4n) is 3.14. The number of anilines is 1. The van der Waals surface area contributed by atoms with Crippen LogP contribution in [-0.4, -0.2) is 53.1 Å². The highest BCUT2D eigenvalue weighted by Crippen LogP contribution is 2.26. The Labute approximate surface area is 136 Å². The highest BCUT2D eigenvalue weighted by molar-refractivity contribution is 5.84. The molecule has 118 valence electrons. The van der Waals surface area contributed by atoms with Crippen molar-refractivity contribution in [3.8, 4) is 11.3 Å². The van der Waals surface area contributed by atoms with Crippen LogP contribution in [0.1, 0.15) is 5.69 Å². The molecule has 3 heterocycles. The van der Waals surface area contributed by atoms with Crippen molar-refractivity contribution in [2.75, 3.05) is 38.1 Å². The van der Waals surface area contributed by atoms with Crippen molar-refractivity contribution in [3.05, 3.63) is 42.4 Å². The molecule has 0 aliphatic carbocycles. The maximum Gasteiger partial charge on any atom is 0.141 e. The predicted octanol–water partition coefficient (Wildman–Crippen LogP) is 2.69. The van der Waals surface area contributed by atoms with E-state index in [1.54, 1.807) is 6.33 Å². The summed E-state index contributed by atoms with van der Waals surface area (Å²) in [7, 11) is 2.18. The predicted molar refractivity (Wildman–Crippen MR) is 93.8 cm³/mol. The number of nitrogens with one attached hydrogen (secondary N) is 1. The zero-order chi connectivity index (χ0) is 15.8.